The molecule has 1 aliphatic rings. The molecular formula is C23H21ClF3N5O2. The van der Waals surface area contributed by atoms with Gasteiger partial charge in [0.15, 0.2) is 0 Å². The Morgan fingerprint density at radius 3 is 2.71 bits per heavy atom. The Bertz CT molecular complexity index is 1400. The number of pyridine rings is 3. The number of nitrogens with one attached hydrogen (secondary N) is 1. The number of fused-ring (bicyclic) bond motifs is 3. The van der Waals surface area contributed by atoms with E-state index in [0.29, 0.717) is 17.1 Å². The fraction of sp³-hybridized carbons (Fsp3) is 0.261. The maximum Gasteiger partial charge on any atom is 0.433 e. The summed E-state index contributed by atoms with van der Waals surface area (Å²) in [5, 5.41) is 4.45. The average molecular weight is 492 g/mol. The van der Waals surface area contributed by atoms with Crippen LogP contribution in [0.4, 0.5) is 13.2 Å². The van der Waals surface area contributed by atoms with Crippen molar-refractivity contribution >= 4 is 23.4 Å². The highest BCUT2D eigenvalue weighted by Crippen LogP contribution is 2.28. The smallest absolute Gasteiger partial charge is 0.433 e. The molecule has 11 heteroatoms. The fourth-order valence-electron chi connectivity index (χ4n) is 4.07. The molecule has 0 amide bonds. The van der Waals surface area contributed by atoms with E-state index in [-0.39, 0.29) is 24.6 Å². The van der Waals surface area contributed by atoms with Crippen molar-refractivity contribution in [3.63, 3.8) is 0 Å². The van der Waals surface area contributed by atoms with Gasteiger partial charge < -0.3 is 14.6 Å². The van der Waals surface area contributed by atoms with Crippen molar-refractivity contribution in [2.75, 3.05) is 6.54 Å². The topological polar surface area (TPSA) is 74.0 Å². The van der Waals surface area contributed by atoms with Crippen molar-refractivity contribution in [1.29, 1.82) is 0 Å². The van der Waals surface area contributed by atoms with Crippen LogP contribution in [-0.2, 0) is 32.8 Å². The molecule has 0 saturated carbocycles. The quantitative estimate of drug-likeness (QED) is 0.470. The number of nitrogens with zero attached hydrogens (tertiary/aromatic N) is 4. The summed E-state index contributed by atoms with van der Waals surface area (Å²) in [6.45, 7) is 1.71. The summed E-state index contributed by atoms with van der Waals surface area (Å²) in [6.07, 6.45) is -0.881. The predicted molar refractivity (Wildman–Crippen MR) is 123 cm³/mol. The van der Waals surface area contributed by atoms with Gasteiger partial charge in [-0.05, 0) is 29.8 Å². The van der Waals surface area contributed by atoms with Gasteiger partial charge in [0.25, 0.3) is 5.56 Å². The number of aromatic nitrogens is 4. The largest absolute Gasteiger partial charge is 0.489 e. The highest BCUT2D eigenvalue weighted by molar-refractivity contribution is 5.85. The monoisotopic (exact) mass is 491 g/mol. The molecule has 1 aliphatic heterocycles. The zero-order chi connectivity index (χ0) is 23.2. The van der Waals surface area contributed by atoms with E-state index < -0.39 is 11.9 Å². The minimum Gasteiger partial charge on any atom is -0.489 e. The summed E-state index contributed by atoms with van der Waals surface area (Å²) in [5.74, 6) is 0.800. The molecule has 1 N–H and O–H groups in total. The van der Waals surface area contributed by atoms with Gasteiger partial charge in [0.1, 0.15) is 29.5 Å². The van der Waals surface area contributed by atoms with Crippen LogP contribution in [0.15, 0.2) is 53.6 Å². The van der Waals surface area contributed by atoms with Crippen LogP contribution < -0.4 is 15.6 Å². The van der Waals surface area contributed by atoms with Crippen LogP contribution in [0.3, 0.4) is 0 Å². The van der Waals surface area contributed by atoms with Crippen molar-refractivity contribution in [1.82, 2.24) is 24.4 Å². The van der Waals surface area contributed by atoms with Gasteiger partial charge in [-0.25, -0.2) is 4.98 Å². The first-order chi connectivity index (χ1) is 15.8. The second-order valence-corrected chi connectivity index (χ2v) is 7.86. The molecule has 4 aromatic rings. The Morgan fingerprint density at radius 2 is 2.00 bits per heavy atom. The van der Waals surface area contributed by atoms with E-state index in [1.807, 2.05) is 19.2 Å². The van der Waals surface area contributed by atoms with E-state index in [9.17, 15) is 18.0 Å². The van der Waals surface area contributed by atoms with E-state index >= 15 is 0 Å². The summed E-state index contributed by atoms with van der Waals surface area (Å²) in [4.78, 5) is 20.8. The highest BCUT2D eigenvalue weighted by atomic mass is 35.5. The maximum atomic E-state index is 12.7. The average Bonchev–Trinajstić information content (AvgIpc) is 3.09. The Morgan fingerprint density at radius 1 is 1.18 bits per heavy atom. The van der Waals surface area contributed by atoms with Crippen LogP contribution in [-0.4, -0.2) is 25.6 Å². The Balaban J connectivity index is 0.00000274. The molecule has 5 heterocycles. The molecule has 0 atom stereocenters. The minimum atomic E-state index is -4.49. The summed E-state index contributed by atoms with van der Waals surface area (Å²) in [5.41, 5.74) is 2.48. The van der Waals surface area contributed by atoms with Crippen LogP contribution in [0.25, 0.3) is 16.9 Å². The van der Waals surface area contributed by atoms with Gasteiger partial charge in [0.05, 0.1) is 0 Å². The number of alkyl halides is 3. The number of ether oxygens (including phenoxy) is 1. The first-order valence-corrected chi connectivity index (χ1v) is 10.4. The Labute approximate surface area is 198 Å². The van der Waals surface area contributed by atoms with Crippen LogP contribution in [0.2, 0.25) is 0 Å². The van der Waals surface area contributed by atoms with Gasteiger partial charge in [-0.1, -0.05) is 6.07 Å². The molecule has 0 aromatic carbocycles. The summed E-state index contributed by atoms with van der Waals surface area (Å²) >= 11 is 0. The van der Waals surface area contributed by atoms with E-state index in [2.05, 4.69) is 14.9 Å². The second-order valence-electron chi connectivity index (χ2n) is 7.86. The first kappa shape index (κ1) is 23.8. The lowest BCUT2D eigenvalue weighted by atomic mass is 10.1. The summed E-state index contributed by atoms with van der Waals surface area (Å²) in [6, 6.07) is 8.93. The molecular weight excluding hydrogens is 471 g/mol. The third kappa shape index (κ3) is 4.38. The van der Waals surface area contributed by atoms with Crippen molar-refractivity contribution in [2.45, 2.75) is 25.7 Å². The van der Waals surface area contributed by atoms with Crippen molar-refractivity contribution < 1.29 is 17.9 Å². The molecule has 0 radical (unpaired) electrons. The molecule has 7 nitrogen and oxygen atoms in total. The van der Waals surface area contributed by atoms with Crippen molar-refractivity contribution in [3.05, 3.63) is 81.7 Å². The number of hydrogen-bond donors (Lipinski definition) is 1. The van der Waals surface area contributed by atoms with Gasteiger partial charge in [-0.2, -0.15) is 13.2 Å². The molecule has 178 valence electrons. The number of rotatable bonds is 4. The van der Waals surface area contributed by atoms with E-state index in [4.69, 9.17) is 9.72 Å². The van der Waals surface area contributed by atoms with Gasteiger partial charge >= 0.3 is 6.18 Å². The van der Waals surface area contributed by atoms with Gasteiger partial charge in [-0.3, -0.25) is 14.3 Å². The van der Waals surface area contributed by atoms with E-state index in [0.717, 1.165) is 42.8 Å². The van der Waals surface area contributed by atoms with Crippen molar-refractivity contribution in [3.8, 4) is 11.6 Å². The molecule has 5 rings (SSSR count). The van der Waals surface area contributed by atoms with Crippen molar-refractivity contribution in [2.24, 2.45) is 7.05 Å². The first-order valence-electron chi connectivity index (χ1n) is 10.4. The fourth-order valence-corrected chi connectivity index (χ4v) is 4.07. The predicted octanol–water partition coefficient (Wildman–Crippen LogP) is 3.78. The molecule has 4 aromatic heterocycles. The lowest BCUT2D eigenvalue weighted by molar-refractivity contribution is -0.141. The zero-order valence-corrected chi connectivity index (χ0v) is 18.9. The Hall–Kier alpha value is -3.37. The molecule has 0 aliphatic carbocycles. The van der Waals surface area contributed by atoms with Crippen LogP contribution in [0, 0.1) is 0 Å². The lowest BCUT2D eigenvalue weighted by Crippen LogP contribution is -2.24. The number of aryl methyl sites for hydroxylation is 1. The maximum absolute atomic E-state index is 12.7. The standard InChI is InChI=1S/C23H20F3N5O2.ClH/c1-30-18-6-8-27-12-17(18)16-3-5-20(29-22(16)30)31-9-7-15(10-21(31)32)33-13-14-2-4-19(28-11-14)23(24,25)26;/h2-5,7,9-11,27H,6,8,12-13H2,1H3;1H. The number of halogens is 4. The van der Waals surface area contributed by atoms with Gasteiger partial charge in [0.2, 0.25) is 0 Å². The molecule has 34 heavy (non-hydrogen) atoms. The molecule has 0 unspecified atom stereocenters. The Kier molecular flexibility index (Phi) is 6.37. The number of hydrogen-bond acceptors (Lipinski definition) is 5. The zero-order valence-electron chi connectivity index (χ0n) is 18.1. The highest BCUT2D eigenvalue weighted by Gasteiger charge is 2.32. The third-order valence-corrected chi connectivity index (χ3v) is 5.76. The van der Waals surface area contributed by atoms with Gasteiger partial charge in [-0.15, -0.1) is 12.4 Å². The lowest BCUT2D eigenvalue weighted by Gasteiger charge is -2.14. The minimum absolute atomic E-state index is 0. The second kappa shape index (κ2) is 9.11. The normalized spacial score (nSPS) is 13.4. The SMILES string of the molecule is Cl.Cn1c2c(c3ccc(-n4ccc(OCc5ccc(C(F)(F)F)nc5)cc4=O)nc31)CNCC2. The van der Waals surface area contributed by atoms with Crippen LogP contribution in [0.1, 0.15) is 22.5 Å². The van der Waals surface area contributed by atoms with E-state index in [1.54, 1.807) is 12.3 Å². The molecule has 0 spiro atoms. The summed E-state index contributed by atoms with van der Waals surface area (Å²) < 4.78 is 46.9. The van der Waals surface area contributed by atoms with E-state index in [1.165, 1.54) is 28.0 Å². The summed E-state index contributed by atoms with van der Waals surface area (Å²) in [7, 11) is 1.99. The molecule has 0 fully saturated rings. The van der Waals surface area contributed by atoms with Crippen LogP contribution >= 0.6 is 12.4 Å². The third-order valence-electron chi connectivity index (χ3n) is 5.76. The van der Waals surface area contributed by atoms with Gasteiger partial charge in [0, 0.05) is 61.7 Å². The molecule has 0 bridgehead atoms. The molecule has 0 saturated heterocycles. The van der Waals surface area contributed by atoms with Crippen LogP contribution in [0.5, 0.6) is 5.75 Å².